The van der Waals surface area contributed by atoms with Crippen LogP contribution in [0.5, 0.6) is 0 Å². The molecule has 1 saturated heterocycles. The summed E-state index contributed by atoms with van der Waals surface area (Å²) in [7, 11) is 0. The number of carbonyl (C=O) groups is 3. The van der Waals surface area contributed by atoms with Crippen LogP contribution in [0.2, 0.25) is 0 Å². The van der Waals surface area contributed by atoms with Crippen molar-refractivity contribution in [2.45, 2.75) is 20.0 Å². The Hall–Kier alpha value is -2.08. The summed E-state index contributed by atoms with van der Waals surface area (Å²) in [5.41, 5.74) is 0.878. The van der Waals surface area contributed by atoms with Crippen molar-refractivity contribution in [3.63, 3.8) is 0 Å². The maximum Gasteiger partial charge on any atom is 0.410 e. The first kappa shape index (κ1) is 19.0. The van der Waals surface area contributed by atoms with E-state index in [1.807, 2.05) is 30.3 Å². The molecule has 0 N–H and O–H groups in total. The number of hydrogen-bond donors (Lipinski definition) is 0. The fourth-order valence-corrected chi connectivity index (χ4v) is 2.28. The standard InChI is InChI=1S/C16H19NO5.ClH/c1-2-21-15(19)13-8-9-17(10-14(13)18)16(20)22-11-12-6-4-3-5-7-12;/h3-7,13H,2,8-11H2,1H3;1H. The summed E-state index contributed by atoms with van der Waals surface area (Å²) in [5.74, 6) is -1.58. The van der Waals surface area contributed by atoms with Crippen LogP contribution in [-0.4, -0.2) is 42.4 Å². The molecule has 1 fully saturated rings. The molecule has 1 heterocycles. The van der Waals surface area contributed by atoms with E-state index in [4.69, 9.17) is 9.47 Å². The number of nitrogens with zero attached hydrogens (tertiary/aromatic N) is 1. The molecule has 23 heavy (non-hydrogen) atoms. The van der Waals surface area contributed by atoms with Crippen LogP contribution in [0.4, 0.5) is 4.79 Å². The van der Waals surface area contributed by atoms with Gasteiger partial charge in [0, 0.05) is 6.54 Å². The van der Waals surface area contributed by atoms with Gasteiger partial charge >= 0.3 is 12.1 Å². The molecule has 0 saturated carbocycles. The smallest absolute Gasteiger partial charge is 0.410 e. The largest absolute Gasteiger partial charge is 0.465 e. The van der Waals surface area contributed by atoms with Crippen LogP contribution >= 0.6 is 12.4 Å². The maximum atomic E-state index is 12.0. The number of ether oxygens (including phenoxy) is 2. The van der Waals surface area contributed by atoms with Crippen molar-refractivity contribution in [3.8, 4) is 0 Å². The third-order valence-electron chi connectivity index (χ3n) is 3.46. The molecule has 126 valence electrons. The second kappa shape index (κ2) is 9.15. The van der Waals surface area contributed by atoms with E-state index in [0.29, 0.717) is 6.54 Å². The third kappa shape index (κ3) is 5.25. The van der Waals surface area contributed by atoms with Crippen LogP contribution in [0, 0.1) is 5.92 Å². The van der Waals surface area contributed by atoms with E-state index in [0.717, 1.165) is 5.56 Å². The average Bonchev–Trinajstić information content (AvgIpc) is 2.53. The minimum absolute atomic E-state index is 0. The minimum Gasteiger partial charge on any atom is -0.465 e. The van der Waals surface area contributed by atoms with Gasteiger partial charge in [0.1, 0.15) is 12.5 Å². The van der Waals surface area contributed by atoms with Gasteiger partial charge < -0.3 is 14.4 Å². The van der Waals surface area contributed by atoms with Crippen molar-refractivity contribution >= 4 is 30.3 Å². The summed E-state index contributed by atoms with van der Waals surface area (Å²) in [6.45, 7) is 2.29. The van der Waals surface area contributed by atoms with Crippen LogP contribution < -0.4 is 0 Å². The van der Waals surface area contributed by atoms with Crippen LogP contribution in [0.25, 0.3) is 0 Å². The summed E-state index contributed by atoms with van der Waals surface area (Å²) >= 11 is 0. The third-order valence-corrected chi connectivity index (χ3v) is 3.46. The van der Waals surface area contributed by atoms with Crippen molar-refractivity contribution in [3.05, 3.63) is 35.9 Å². The molecule has 1 atom stereocenters. The van der Waals surface area contributed by atoms with Gasteiger partial charge in [-0.15, -0.1) is 12.4 Å². The van der Waals surface area contributed by atoms with Crippen molar-refractivity contribution in [2.75, 3.05) is 19.7 Å². The summed E-state index contributed by atoms with van der Waals surface area (Å²) in [4.78, 5) is 36.8. The SMILES string of the molecule is CCOC(=O)C1CCN(C(=O)OCc2ccccc2)CC1=O.Cl. The molecular weight excluding hydrogens is 322 g/mol. The highest BCUT2D eigenvalue weighted by Crippen LogP contribution is 2.17. The van der Waals surface area contributed by atoms with Gasteiger partial charge in [0.25, 0.3) is 0 Å². The number of ketones is 1. The summed E-state index contributed by atoms with van der Waals surface area (Å²) in [5, 5.41) is 0. The Morgan fingerprint density at radius 3 is 2.52 bits per heavy atom. The Kier molecular flexibility index (Phi) is 7.54. The van der Waals surface area contributed by atoms with Gasteiger partial charge in [-0.1, -0.05) is 30.3 Å². The molecule has 1 aliphatic heterocycles. The summed E-state index contributed by atoms with van der Waals surface area (Å²) < 4.78 is 10.0. The number of esters is 1. The Morgan fingerprint density at radius 2 is 1.91 bits per heavy atom. The monoisotopic (exact) mass is 341 g/mol. The highest BCUT2D eigenvalue weighted by Gasteiger charge is 2.35. The lowest BCUT2D eigenvalue weighted by Gasteiger charge is -2.29. The predicted molar refractivity (Wildman–Crippen MR) is 85.2 cm³/mol. The van der Waals surface area contributed by atoms with Gasteiger partial charge in [0.2, 0.25) is 0 Å². The molecule has 0 bridgehead atoms. The number of piperidine rings is 1. The van der Waals surface area contributed by atoms with E-state index in [2.05, 4.69) is 0 Å². The number of benzene rings is 1. The zero-order valence-electron chi connectivity index (χ0n) is 12.9. The average molecular weight is 342 g/mol. The van der Waals surface area contributed by atoms with E-state index in [1.165, 1.54) is 4.90 Å². The molecule has 1 amide bonds. The number of rotatable bonds is 4. The van der Waals surface area contributed by atoms with Crippen LogP contribution in [0.3, 0.4) is 0 Å². The second-order valence-corrected chi connectivity index (χ2v) is 5.02. The summed E-state index contributed by atoms with van der Waals surface area (Å²) in [6.07, 6.45) is -0.266. The highest BCUT2D eigenvalue weighted by molar-refractivity contribution is 6.01. The summed E-state index contributed by atoms with van der Waals surface area (Å²) in [6, 6.07) is 9.30. The molecule has 7 heteroatoms. The minimum atomic E-state index is -0.766. The Morgan fingerprint density at radius 1 is 1.22 bits per heavy atom. The van der Waals surface area contributed by atoms with Crippen LogP contribution in [-0.2, 0) is 25.7 Å². The first-order chi connectivity index (χ1) is 10.6. The van der Waals surface area contributed by atoms with Crippen LogP contribution in [0.15, 0.2) is 30.3 Å². The van der Waals surface area contributed by atoms with Crippen LogP contribution in [0.1, 0.15) is 18.9 Å². The molecule has 1 aromatic rings. The molecule has 6 nitrogen and oxygen atoms in total. The lowest BCUT2D eigenvalue weighted by Crippen LogP contribution is -2.46. The topological polar surface area (TPSA) is 72.9 Å². The number of carbonyl (C=O) groups excluding carboxylic acids is 3. The van der Waals surface area contributed by atoms with Crippen molar-refractivity contribution in [1.82, 2.24) is 4.90 Å². The second-order valence-electron chi connectivity index (χ2n) is 5.02. The number of hydrogen-bond acceptors (Lipinski definition) is 5. The quantitative estimate of drug-likeness (QED) is 0.620. The lowest BCUT2D eigenvalue weighted by atomic mass is 9.96. The van der Waals surface area contributed by atoms with E-state index in [1.54, 1.807) is 6.92 Å². The molecule has 0 radical (unpaired) electrons. The van der Waals surface area contributed by atoms with Gasteiger partial charge in [0.15, 0.2) is 5.78 Å². The zero-order chi connectivity index (χ0) is 15.9. The molecule has 2 rings (SSSR count). The molecule has 1 unspecified atom stereocenters. The van der Waals surface area contributed by atoms with Gasteiger partial charge in [-0.05, 0) is 18.9 Å². The van der Waals surface area contributed by atoms with E-state index < -0.39 is 18.0 Å². The van der Waals surface area contributed by atoms with Gasteiger partial charge in [-0.25, -0.2) is 4.79 Å². The first-order valence-electron chi connectivity index (χ1n) is 7.26. The van der Waals surface area contributed by atoms with Crippen molar-refractivity contribution < 1.29 is 23.9 Å². The van der Waals surface area contributed by atoms with Gasteiger partial charge in [-0.3, -0.25) is 9.59 Å². The first-order valence-corrected chi connectivity index (χ1v) is 7.26. The fraction of sp³-hybridized carbons (Fsp3) is 0.438. The van der Waals surface area contributed by atoms with Crippen molar-refractivity contribution in [2.24, 2.45) is 5.92 Å². The van der Waals surface area contributed by atoms with E-state index in [-0.39, 0.29) is 44.4 Å². The number of Topliss-reactive ketones (excluding diaryl/α,β-unsaturated/α-hetero) is 1. The fourth-order valence-electron chi connectivity index (χ4n) is 2.28. The molecule has 0 spiro atoms. The number of likely N-dealkylation sites (tertiary alicyclic amines) is 1. The Labute approximate surface area is 141 Å². The van der Waals surface area contributed by atoms with Gasteiger partial charge in [-0.2, -0.15) is 0 Å². The van der Waals surface area contributed by atoms with E-state index >= 15 is 0 Å². The number of amides is 1. The predicted octanol–water partition coefficient (Wildman–Crippen LogP) is 2.20. The Bertz CT molecular complexity index is 549. The highest BCUT2D eigenvalue weighted by atomic mass is 35.5. The maximum absolute atomic E-state index is 12.0. The molecule has 1 aromatic carbocycles. The lowest BCUT2D eigenvalue weighted by molar-refractivity contribution is -0.153. The molecule has 1 aliphatic rings. The Balaban J connectivity index is 0.00000264. The van der Waals surface area contributed by atoms with E-state index in [9.17, 15) is 14.4 Å². The van der Waals surface area contributed by atoms with Gasteiger partial charge in [0.05, 0.1) is 13.2 Å². The number of halogens is 1. The molecular formula is C16H20ClNO5. The molecule has 0 aromatic heterocycles. The zero-order valence-corrected chi connectivity index (χ0v) is 13.7. The normalized spacial score (nSPS) is 17.2. The molecule has 0 aliphatic carbocycles. The van der Waals surface area contributed by atoms with Crippen molar-refractivity contribution in [1.29, 1.82) is 0 Å².